The number of nitrogen functional groups attached to an aromatic ring is 1. The molecule has 0 saturated carbocycles. The first-order chi connectivity index (χ1) is 10.9. The molecule has 0 radical (unpaired) electrons. The molecule has 8 nitrogen and oxygen atoms in total. The third-order valence-electron chi connectivity index (χ3n) is 3.21. The van der Waals surface area contributed by atoms with Crippen molar-refractivity contribution >= 4 is 17.9 Å². The number of alkyl halides is 1. The molecular formula is C13H13F2N3O5. The SMILES string of the molecule is Nc1nc(=O)n(C2OC(CO)C(F)C2=CF)cc1C=CC(=O)O. The number of aliphatic hydroxyl groups excluding tert-OH is 1. The summed E-state index contributed by atoms with van der Waals surface area (Å²) >= 11 is 0. The fourth-order valence-electron chi connectivity index (χ4n) is 2.09. The lowest BCUT2D eigenvalue weighted by atomic mass is 10.1. The first-order valence-corrected chi connectivity index (χ1v) is 6.39. The minimum absolute atomic E-state index is 0.0411. The van der Waals surface area contributed by atoms with Gasteiger partial charge in [-0.15, -0.1) is 0 Å². The van der Waals surface area contributed by atoms with E-state index in [4.69, 9.17) is 20.7 Å². The summed E-state index contributed by atoms with van der Waals surface area (Å²) in [5, 5.41) is 17.6. The average Bonchev–Trinajstić information content (AvgIpc) is 2.82. The molecule has 1 aromatic rings. The van der Waals surface area contributed by atoms with Gasteiger partial charge in [0, 0.05) is 23.4 Å². The number of aliphatic hydroxyl groups is 1. The van der Waals surface area contributed by atoms with E-state index < -0.39 is 42.3 Å². The molecule has 1 saturated heterocycles. The van der Waals surface area contributed by atoms with Crippen LogP contribution in [0.25, 0.3) is 6.08 Å². The Hall–Kier alpha value is -2.59. The Morgan fingerprint density at radius 2 is 2.26 bits per heavy atom. The summed E-state index contributed by atoms with van der Waals surface area (Å²) < 4.78 is 32.7. The number of anilines is 1. The normalized spacial score (nSPS) is 26.2. The van der Waals surface area contributed by atoms with Crippen LogP contribution in [0.1, 0.15) is 11.8 Å². The predicted octanol–water partition coefficient (Wildman–Crippen LogP) is 0.00450. The van der Waals surface area contributed by atoms with Crippen molar-refractivity contribution in [1.29, 1.82) is 0 Å². The molecule has 10 heteroatoms. The fourth-order valence-corrected chi connectivity index (χ4v) is 2.09. The first-order valence-electron chi connectivity index (χ1n) is 6.39. The number of halogens is 2. The molecule has 0 bridgehead atoms. The van der Waals surface area contributed by atoms with Gasteiger partial charge in [0.2, 0.25) is 0 Å². The Morgan fingerprint density at radius 3 is 2.83 bits per heavy atom. The van der Waals surface area contributed by atoms with Crippen LogP contribution in [0.2, 0.25) is 0 Å². The van der Waals surface area contributed by atoms with Crippen molar-refractivity contribution < 1.29 is 28.5 Å². The summed E-state index contributed by atoms with van der Waals surface area (Å²) in [6, 6.07) is 0. The third-order valence-corrected chi connectivity index (χ3v) is 3.21. The van der Waals surface area contributed by atoms with Crippen LogP contribution >= 0.6 is 0 Å². The number of carbonyl (C=O) groups is 1. The van der Waals surface area contributed by atoms with Crippen LogP contribution in [-0.4, -0.2) is 44.6 Å². The van der Waals surface area contributed by atoms with Crippen molar-refractivity contribution in [2.75, 3.05) is 12.3 Å². The number of carboxylic acid groups (broad SMARTS) is 1. The molecule has 2 heterocycles. The van der Waals surface area contributed by atoms with E-state index in [2.05, 4.69) is 4.98 Å². The summed E-state index contributed by atoms with van der Waals surface area (Å²) in [4.78, 5) is 25.9. The third kappa shape index (κ3) is 3.27. The van der Waals surface area contributed by atoms with Gasteiger partial charge in [0.05, 0.1) is 12.9 Å². The Morgan fingerprint density at radius 1 is 1.57 bits per heavy atom. The van der Waals surface area contributed by atoms with Gasteiger partial charge in [-0.1, -0.05) is 0 Å². The lowest BCUT2D eigenvalue weighted by molar-refractivity contribution is -0.131. The predicted molar refractivity (Wildman–Crippen MR) is 74.7 cm³/mol. The van der Waals surface area contributed by atoms with Crippen molar-refractivity contribution in [2.45, 2.75) is 18.5 Å². The molecular weight excluding hydrogens is 316 g/mol. The maximum absolute atomic E-state index is 13.9. The number of rotatable bonds is 4. The summed E-state index contributed by atoms with van der Waals surface area (Å²) in [6.07, 6.45) is -1.85. The van der Waals surface area contributed by atoms with Crippen LogP contribution in [0.4, 0.5) is 14.6 Å². The highest BCUT2D eigenvalue weighted by molar-refractivity contribution is 5.86. The van der Waals surface area contributed by atoms with Gasteiger partial charge in [-0.2, -0.15) is 4.98 Å². The summed E-state index contributed by atoms with van der Waals surface area (Å²) in [5.41, 5.74) is 4.13. The number of ether oxygens (including phenoxy) is 1. The van der Waals surface area contributed by atoms with Crippen molar-refractivity contribution in [1.82, 2.24) is 9.55 Å². The first kappa shape index (κ1) is 16.8. The molecule has 2 rings (SSSR count). The molecule has 3 atom stereocenters. The van der Waals surface area contributed by atoms with Gasteiger partial charge in [-0.25, -0.2) is 18.4 Å². The number of hydrogen-bond donors (Lipinski definition) is 3. The van der Waals surface area contributed by atoms with E-state index in [1.165, 1.54) is 0 Å². The molecule has 23 heavy (non-hydrogen) atoms. The molecule has 0 amide bonds. The second-order valence-corrected chi connectivity index (χ2v) is 4.66. The van der Waals surface area contributed by atoms with Gasteiger partial charge in [-0.05, 0) is 6.08 Å². The van der Waals surface area contributed by atoms with Crippen LogP contribution in [0.3, 0.4) is 0 Å². The number of nitrogens with two attached hydrogens (primary N) is 1. The maximum Gasteiger partial charge on any atom is 0.351 e. The van der Waals surface area contributed by atoms with Crippen LogP contribution < -0.4 is 11.4 Å². The van der Waals surface area contributed by atoms with Crippen molar-refractivity contribution in [3.05, 3.63) is 40.2 Å². The summed E-state index contributed by atoms with van der Waals surface area (Å²) in [5.74, 6) is -1.50. The van der Waals surface area contributed by atoms with Gasteiger partial charge in [0.1, 0.15) is 11.9 Å². The molecule has 0 aliphatic carbocycles. The second kappa shape index (κ2) is 6.67. The Kier molecular flexibility index (Phi) is 4.86. The number of aromatic nitrogens is 2. The van der Waals surface area contributed by atoms with Crippen molar-refractivity contribution in [3.63, 3.8) is 0 Å². The van der Waals surface area contributed by atoms with Gasteiger partial charge >= 0.3 is 11.7 Å². The van der Waals surface area contributed by atoms with Crippen LogP contribution in [0, 0.1) is 0 Å². The zero-order valence-electron chi connectivity index (χ0n) is 11.6. The lowest BCUT2D eigenvalue weighted by Gasteiger charge is -2.15. The number of nitrogens with zero attached hydrogens (tertiary/aromatic N) is 2. The second-order valence-electron chi connectivity index (χ2n) is 4.66. The van der Waals surface area contributed by atoms with Gasteiger partial charge < -0.3 is 20.7 Å². The van der Waals surface area contributed by atoms with Gasteiger partial charge in [0.15, 0.2) is 12.4 Å². The fraction of sp³-hybridized carbons (Fsp3) is 0.308. The zero-order valence-corrected chi connectivity index (χ0v) is 11.6. The zero-order chi connectivity index (χ0) is 17.1. The number of carboxylic acids is 1. The molecule has 1 fully saturated rings. The number of hydrogen-bond acceptors (Lipinski definition) is 6. The highest BCUT2D eigenvalue weighted by Crippen LogP contribution is 2.35. The van der Waals surface area contributed by atoms with Crippen LogP contribution in [-0.2, 0) is 9.53 Å². The Bertz CT molecular complexity index is 731. The molecule has 3 unspecified atom stereocenters. The smallest absolute Gasteiger partial charge is 0.351 e. The van der Waals surface area contributed by atoms with E-state index in [0.29, 0.717) is 0 Å². The highest BCUT2D eigenvalue weighted by Gasteiger charge is 2.41. The molecule has 1 aliphatic heterocycles. The average molecular weight is 329 g/mol. The van der Waals surface area contributed by atoms with E-state index in [-0.39, 0.29) is 17.7 Å². The molecule has 1 aliphatic rings. The van der Waals surface area contributed by atoms with E-state index in [0.717, 1.165) is 22.9 Å². The quantitative estimate of drug-likeness (QED) is 0.664. The van der Waals surface area contributed by atoms with Crippen molar-refractivity contribution in [3.8, 4) is 0 Å². The van der Waals surface area contributed by atoms with E-state index in [9.17, 15) is 18.4 Å². The highest BCUT2D eigenvalue weighted by atomic mass is 19.1. The molecule has 1 aromatic heterocycles. The summed E-state index contributed by atoms with van der Waals surface area (Å²) in [6.45, 7) is -0.710. The lowest BCUT2D eigenvalue weighted by Crippen LogP contribution is -2.29. The molecule has 124 valence electrons. The topological polar surface area (TPSA) is 128 Å². The Balaban J connectivity index is 2.49. The Labute approximate surface area is 128 Å². The van der Waals surface area contributed by atoms with Gasteiger partial charge in [0.25, 0.3) is 0 Å². The van der Waals surface area contributed by atoms with Crippen molar-refractivity contribution in [2.24, 2.45) is 0 Å². The van der Waals surface area contributed by atoms with E-state index in [1.54, 1.807) is 0 Å². The standard InChI is InChI=1S/C13H13F2N3O5/c14-3-7-10(15)8(5-19)23-12(7)18-4-6(1-2-9(20)21)11(16)17-13(18)22/h1-4,8,10,12,19H,5H2,(H,20,21)(H2,16,17,22). The van der Waals surface area contributed by atoms with E-state index >= 15 is 0 Å². The van der Waals surface area contributed by atoms with Gasteiger partial charge in [-0.3, -0.25) is 4.57 Å². The van der Waals surface area contributed by atoms with Crippen LogP contribution in [0.15, 0.2) is 29.0 Å². The molecule has 0 aromatic carbocycles. The number of aliphatic carboxylic acids is 1. The van der Waals surface area contributed by atoms with E-state index in [1.807, 2.05) is 0 Å². The van der Waals surface area contributed by atoms with Crippen LogP contribution in [0.5, 0.6) is 0 Å². The minimum atomic E-state index is -1.93. The summed E-state index contributed by atoms with van der Waals surface area (Å²) in [7, 11) is 0. The molecule has 0 spiro atoms. The largest absolute Gasteiger partial charge is 0.478 e. The minimum Gasteiger partial charge on any atom is -0.478 e. The monoisotopic (exact) mass is 329 g/mol. The maximum atomic E-state index is 13.9. The molecule has 4 N–H and O–H groups in total.